The first kappa shape index (κ1) is 17.3. The second kappa shape index (κ2) is 7.16. The number of nitrogens with one attached hydrogen (secondary N) is 1. The SMILES string of the molecule is CC(C)C(c1nc2cc(Br)ccc2o1)n1cc(C=CC(=O)NO)nn1. The Bertz CT molecular complexity index is 931. The fourth-order valence-corrected chi connectivity index (χ4v) is 2.80. The van der Waals surface area contributed by atoms with E-state index in [1.54, 1.807) is 10.9 Å². The minimum Gasteiger partial charge on any atom is -0.438 e. The van der Waals surface area contributed by atoms with Gasteiger partial charge < -0.3 is 4.42 Å². The number of nitrogens with zero attached hydrogens (tertiary/aromatic N) is 4. The molecule has 130 valence electrons. The second-order valence-corrected chi connectivity index (χ2v) is 6.70. The lowest BCUT2D eigenvalue weighted by atomic mass is 10.0. The van der Waals surface area contributed by atoms with Crippen molar-refractivity contribution in [3.05, 3.63) is 46.5 Å². The number of benzene rings is 1. The van der Waals surface area contributed by atoms with Crippen molar-refractivity contribution in [2.24, 2.45) is 5.92 Å². The normalized spacial score (nSPS) is 13.0. The number of oxazole rings is 1. The Kier molecular flexibility index (Phi) is 4.95. The molecule has 0 bridgehead atoms. The van der Waals surface area contributed by atoms with Crippen molar-refractivity contribution in [1.82, 2.24) is 25.5 Å². The van der Waals surface area contributed by atoms with E-state index in [1.807, 2.05) is 32.0 Å². The summed E-state index contributed by atoms with van der Waals surface area (Å²) >= 11 is 3.42. The summed E-state index contributed by atoms with van der Waals surface area (Å²) in [5.41, 5.74) is 3.46. The van der Waals surface area contributed by atoms with Crippen LogP contribution >= 0.6 is 15.9 Å². The Morgan fingerprint density at radius 2 is 2.24 bits per heavy atom. The zero-order valence-corrected chi connectivity index (χ0v) is 15.1. The number of amides is 1. The van der Waals surface area contributed by atoms with Gasteiger partial charge in [0, 0.05) is 10.5 Å². The van der Waals surface area contributed by atoms with Gasteiger partial charge >= 0.3 is 0 Å². The van der Waals surface area contributed by atoms with E-state index in [0.717, 1.165) is 16.1 Å². The van der Waals surface area contributed by atoms with Gasteiger partial charge in [-0.05, 0) is 30.2 Å². The lowest BCUT2D eigenvalue weighted by Gasteiger charge is -2.16. The number of hydrogen-bond acceptors (Lipinski definition) is 6. The number of hydroxylamine groups is 1. The van der Waals surface area contributed by atoms with Crippen LogP contribution in [0.3, 0.4) is 0 Å². The fraction of sp³-hybridized carbons (Fsp3) is 0.250. The number of carbonyl (C=O) groups is 1. The molecule has 0 saturated carbocycles. The Morgan fingerprint density at radius 1 is 1.44 bits per heavy atom. The molecule has 0 fully saturated rings. The third-order valence-corrected chi connectivity index (χ3v) is 4.07. The molecule has 0 aliphatic heterocycles. The van der Waals surface area contributed by atoms with Crippen LogP contribution in [0.5, 0.6) is 0 Å². The molecular weight excluding hydrogens is 390 g/mol. The summed E-state index contributed by atoms with van der Waals surface area (Å²) < 4.78 is 8.47. The number of rotatable bonds is 5. The summed E-state index contributed by atoms with van der Waals surface area (Å²) in [5.74, 6) is 0.0480. The third-order valence-electron chi connectivity index (χ3n) is 3.58. The summed E-state index contributed by atoms with van der Waals surface area (Å²) in [6.07, 6.45) is 4.31. The Morgan fingerprint density at radius 3 is 2.96 bits per heavy atom. The smallest absolute Gasteiger partial charge is 0.267 e. The van der Waals surface area contributed by atoms with Gasteiger partial charge in [-0.15, -0.1) is 5.10 Å². The van der Waals surface area contributed by atoms with Gasteiger partial charge in [0.2, 0.25) is 5.89 Å². The molecule has 2 N–H and O–H groups in total. The maximum absolute atomic E-state index is 11.1. The van der Waals surface area contributed by atoms with Crippen LogP contribution in [0.4, 0.5) is 0 Å². The van der Waals surface area contributed by atoms with Gasteiger partial charge in [0.1, 0.15) is 17.3 Å². The summed E-state index contributed by atoms with van der Waals surface area (Å²) in [5, 5.41) is 16.6. The molecule has 2 aromatic heterocycles. The van der Waals surface area contributed by atoms with E-state index in [1.165, 1.54) is 11.6 Å². The Hall–Kier alpha value is -2.52. The molecule has 1 aromatic carbocycles. The van der Waals surface area contributed by atoms with Gasteiger partial charge in [0.05, 0.1) is 6.20 Å². The molecule has 0 radical (unpaired) electrons. The molecule has 8 nitrogen and oxygen atoms in total. The van der Waals surface area contributed by atoms with Gasteiger partial charge in [0.25, 0.3) is 5.91 Å². The molecule has 0 aliphatic carbocycles. The summed E-state index contributed by atoms with van der Waals surface area (Å²) in [6.45, 7) is 4.07. The number of carbonyl (C=O) groups excluding carboxylic acids is 1. The standard InChI is InChI=1S/C16H16BrN5O3/c1-9(2)15(16-18-12-7-10(17)3-5-13(12)25-16)22-8-11(19-21-22)4-6-14(23)20-24/h3-9,15,24H,1-2H3,(H,20,23). The second-order valence-electron chi connectivity index (χ2n) is 5.79. The van der Waals surface area contributed by atoms with Crippen molar-refractivity contribution in [2.75, 3.05) is 0 Å². The first-order chi connectivity index (χ1) is 12.0. The van der Waals surface area contributed by atoms with Crippen molar-refractivity contribution in [1.29, 1.82) is 0 Å². The summed E-state index contributed by atoms with van der Waals surface area (Å²) in [4.78, 5) is 15.6. The van der Waals surface area contributed by atoms with Gasteiger partial charge in [0.15, 0.2) is 5.58 Å². The highest BCUT2D eigenvalue weighted by molar-refractivity contribution is 9.10. The van der Waals surface area contributed by atoms with E-state index in [4.69, 9.17) is 9.62 Å². The zero-order valence-electron chi connectivity index (χ0n) is 13.5. The van der Waals surface area contributed by atoms with Crippen LogP contribution in [-0.4, -0.2) is 31.1 Å². The van der Waals surface area contributed by atoms with Crippen molar-refractivity contribution in [3.63, 3.8) is 0 Å². The maximum Gasteiger partial charge on any atom is 0.267 e. The van der Waals surface area contributed by atoms with Gasteiger partial charge in [-0.25, -0.2) is 15.1 Å². The van der Waals surface area contributed by atoms with Crippen LogP contribution in [0.1, 0.15) is 31.5 Å². The van der Waals surface area contributed by atoms with Crippen LogP contribution in [0.25, 0.3) is 17.2 Å². The molecule has 25 heavy (non-hydrogen) atoms. The fourth-order valence-electron chi connectivity index (χ4n) is 2.45. The van der Waals surface area contributed by atoms with E-state index in [-0.39, 0.29) is 12.0 Å². The molecule has 0 saturated heterocycles. The predicted octanol–water partition coefficient (Wildman–Crippen LogP) is 2.95. The highest BCUT2D eigenvalue weighted by atomic mass is 79.9. The van der Waals surface area contributed by atoms with E-state index in [9.17, 15) is 4.79 Å². The third kappa shape index (κ3) is 3.77. The van der Waals surface area contributed by atoms with E-state index in [2.05, 4.69) is 31.2 Å². The molecule has 3 aromatic rings. The summed E-state index contributed by atoms with van der Waals surface area (Å²) in [7, 11) is 0. The van der Waals surface area contributed by atoms with Gasteiger partial charge in [-0.1, -0.05) is 35.0 Å². The van der Waals surface area contributed by atoms with Crippen LogP contribution < -0.4 is 5.48 Å². The molecular formula is C16H16BrN5O3. The Balaban J connectivity index is 1.94. The molecule has 0 spiro atoms. The van der Waals surface area contributed by atoms with Crippen LogP contribution in [0.15, 0.2) is 39.4 Å². The van der Waals surface area contributed by atoms with E-state index in [0.29, 0.717) is 17.2 Å². The van der Waals surface area contributed by atoms with E-state index < -0.39 is 5.91 Å². The predicted molar refractivity (Wildman–Crippen MR) is 93.7 cm³/mol. The lowest BCUT2D eigenvalue weighted by molar-refractivity contribution is -0.124. The molecule has 0 aliphatic rings. The number of halogens is 1. The van der Waals surface area contributed by atoms with Gasteiger partial charge in [-0.2, -0.15) is 0 Å². The van der Waals surface area contributed by atoms with Crippen molar-refractivity contribution in [2.45, 2.75) is 19.9 Å². The minimum absolute atomic E-state index is 0.149. The number of aromatic nitrogens is 4. The lowest BCUT2D eigenvalue weighted by Crippen LogP contribution is -2.17. The summed E-state index contributed by atoms with van der Waals surface area (Å²) in [6, 6.07) is 5.40. The molecule has 3 rings (SSSR count). The van der Waals surface area contributed by atoms with Crippen molar-refractivity contribution in [3.8, 4) is 0 Å². The average Bonchev–Trinajstić information content (AvgIpc) is 3.19. The maximum atomic E-state index is 11.1. The molecule has 1 unspecified atom stereocenters. The van der Waals surface area contributed by atoms with Crippen LogP contribution in [0, 0.1) is 5.92 Å². The van der Waals surface area contributed by atoms with E-state index >= 15 is 0 Å². The topological polar surface area (TPSA) is 106 Å². The largest absolute Gasteiger partial charge is 0.438 e. The minimum atomic E-state index is -0.639. The molecule has 1 amide bonds. The highest BCUT2D eigenvalue weighted by Gasteiger charge is 2.25. The molecule has 2 heterocycles. The van der Waals surface area contributed by atoms with Crippen LogP contribution in [-0.2, 0) is 4.79 Å². The quantitative estimate of drug-likeness (QED) is 0.383. The number of hydrogen-bond donors (Lipinski definition) is 2. The highest BCUT2D eigenvalue weighted by Crippen LogP contribution is 2.29. The first-order valence-corrected chi connectivity index (χ1v) is 8.37. The zero-order chi connectivity index (χ0) is 18.0. The van der Waals surface area contributed by atoms with Crippen molar-refractivity contribution >= 4 is 39.0 Å². The monoisotopic (exact) mass is 405 g/mol. The average molecular weight is 406 g/mol. The molecule has 9 heteroatoms. The number of fused-ring (bicyclic) bond motifs is 1. The molecule has 1 atom stereocenters. The Labute approximate surface area is 151 Å². The van der Waals surface area contributed by atoms with Crippen molar-refractivity contribution < 1.29 is 14.4 Å². The van der Waals surface area contributed by atoms with Crippen LogP contribution in [0.2, 0.25) is 0 Å². The van der Waals surface area contributed by atoms with Gasteiger partial charge in [-0.3, -0.25) is 10.0 Å². The first-order valence-electron chi connectivity index (χ1n) is 7.58.